The van der Waals surface area contributed by atoms with Gasteiger partial charge in [-0.15, -0.1) is 0 Å². The second kappa shape index (κ2) is 19.7. The van der Waals surface area contributed by atoms with E-state index in [4.69, 9.17) is 14.2 Å². The minimum absolute atomic E-state index is 0.0761. The molecule has 0 spiro atoms. The summed E-state index contributed by atoms with van der Waals surface area (Å²) in [5, 5.41) is 0. The third kappa shape index (κ3) is 12.2. The minimum Gasteiger partial charge on any atom is -0.494 e. The molecule has 0 radical (unpaired) electrons. The van der Waals surface area contributed by atoms with Gasteiger partial charge in [-0.05, 0) is 78.9 Å². The lowest BCUT2D eigenvalue weighted by Crippen LogP contribution is -2.23. The first kappa shape index (κ1) is 36.8. The Bertz CT molecular complexity index is 1440. The van der Waals surface area contributed by atoms with Gasteiger partial charge in [0, 0.05) is 23.5 Å². The predicted molar refractivity (Wildman–Crippen MR) is 187 cm³/mol. The smallest absolute Gasteiger partial charge is 0.395 e. The molecule has 0 aliphatic heterocycles. The Labute approximate surface area is 283 Å². The lowest BCUT2D eigenvalue weighted by molar-refractivity contribution is -0.153. The highest BCUT2D eigenvalue weighted by molar-refractivity contribution is 5.64. The molecule has 1 atom stereocenters. The fraction of sp³-hybridized carbons (Fsp3) is 0.450. The maximum absolute atomic E-state index is 13.9. The zero-order valence-corrected chi connectivity index (χ0v) is 28.3. The molecule has 0 fully saturated rings. The molecule has 4 rings (SSSR count). The van der Waals surface area contributed by atoms with Crippen LogP contribution in [0, 0.1) is 0 Å². The zero-order chi connectivity index (χ0) is 34.0. The molecule has 48 heavy (non-hydrogen) atoms. The number of halogens is 3. The maximum atomic E-state index is 13.9. The molecule has 8 heteroatoms. The quantitative estimate of drug-likeness (QED) is 0.0831. The van der Waals surface area contributed by atoms with Crippen molar-refractivity contribution in [3.8, 4) is 39.8 Å². The van der Waals surface area contributed by atoms with Crippen LogP contribution in [0.25, 0.3) is 22.5 Å². The number of hydrogen-bond donors (Lipinski definition) is 0. The number of alkyl halides is 3. The van der Waals surface area contributed by atoms with Gasteiger partial charge in [-0.25, -0.2) is 9.97 Å². The molecule has 5 nitrogen and oxygen atoms in total. The Morgan fingerprint density at radius 3 is 1.48 bits per heavy atom. The molecule has 0 aliphatic carbocycles. The van der Waals surface area contributed by atoms with Crippen molar-refractivity contribution in [1.82, 2.24) is 9.97 Å². The molecule has 1 unspecified atom stereocenters. The van der Waals surface area contributed by atoms with Crippen molar-refractivity contribution in [2.45, 2.75) is 96.6 Å². The minimum atomic E-state index is -4.39. The summed E-state index contributed by atoms with van der Waals surface area (Å²) in [6.07, 6.45) is 10.7. The van der Waals surface area contributed by atoms with Crippen LogP contribution in [0.3, 0.4) is 0 Å². The molecule has 1 aromatic heterocycles. The van der Waals surface area contributed by atoms with Crippen LogP contribution >= 0.6 is 0 Å². The van der Waals surface area contributed by atoms with E-state index in [-0.39, 0.29) is 18.6 Å². The highest BCUT2D eigenvalue weighted by atomic mass is 19.4. The van der Waals surface area contributed by atoms with Crippen LogP contribution in [0.2, 0.25) is 0 Å². The summed E-state index contributed by atoms with van der Waals surface area (Å²) >= 11 is 0. The van der Waals surface area contributed by atoms with Gasteiger partial charge in [0.25, 0.3) is 0 Å². The normalized spacial score (nSPS) is 12.1. The topological polar surface area (TPSA) is 53.5 Å². The number of benzene rings is 3. The second-order valence-electron chi connectivity index (χ2n) is 12.2. The Morgan fingerprint density at radius 2 is 0.958 bits per heavy atom. The van der Waals surface area contributed by atoms with Crippen molar-refractivity contribution in [3.63, 3.8) is 0 Å². The van der Waals surface area contributed by atoms with E-state index >= 15 is 0 Å². The Kier molecular flexibility index (Phi) is 15.1. The summed E-state index contributed by atoms with van der Waals surface area (Å²) in [6, 6.07) is 21.3. The zero-order valence-electron chi connectivity index (χ0n) is 28.3. The molecule has 0 aliphatic rings. The van der Waals surface area contributed by atoms with Crippen LogP contribution in [0.1, 0.15) is 96.0 Å². The van der Waals surface area contributed by atoms with Gasteiger partial charge in [0.15, 0.2) is 5.82 Å². The Balaban J connectivity index is 1.24. The van der Waals surface area contributed by atoms with Crippen LogP contribution in [-0.2, 0) is 0 Å². The summed E-state index contributed by atoms with van der Waals surface area (Å²) in [4.78, 5) is 9.06. The van der Waals surface area contributed by atoms with E-state index in [0.29, 0.717) is 23.9 Å². The standard InChI is InChI=1S/C40H49F3N2O3/c1-3-5-7-9-10-12-27-47-35-19-13-31(14-20-35)34-29-44-39(45-30-34)33-17-23-37(24-18-33)48-28-25-38(40(41,42)43)32-15-21-36(22-16-32)46-26-11-8-6-4-2/h13-24,29-30,38H,3-12,25-28H2,1-2H3. The van der Waals surface area contributed by atoms with Crippen LogP contribution in [0.5, 0.6) is 17.2 Å². The number of ether oxygens (including phenoxy) is 3. The second-order valence-corrected chi connectivity index (χ2v) is 12.2. The molecule has 0 saturated heterocycles. The van der Waals surface area contributed by atoms with Gasteiger partial charge in [-0.2, -0.15) is 13.2 Å². The highest BCUT2D eigenvalue weighted by Gasteiger charge is 2.40. The molecule has 0 amide bonds. The fourth-order valence-electron chi connectivity index (χ4n) is 5.47. The fourth-order valence-corrected chi connectivity index (χ4v) is 5.47. The first-order valence-electron chi connectivity index (χ1n) is 17.5. The summed E-state index contributed by atoms with van der Waals surface area (Å²) in [7, 11) is 0. The molecule has 1 heterocycles. The van der Waals surface area contributed by atoms with E-state index in [9.17, 15) is 13.2 Å². The van der Waals surface area contributed by atoms with Crippen molar-refractivity contribution < 1.29 is 27.4 Å². The summed E-state index contributed by atoms with van der Waals surface area (Å²) in [6.45, 7) is 5.58. The first-order valence-corrected chi connectivity index (χ1v) is 17.5. The summed E-state index contributed by atoms with van der Waals surface area (Å²) in [5.41, 5.74) is 2.88. The maximum Gasteiger partial charge on any atom is 0.395 e. The number of unbranched alkanes of at least 4 members (excludes halogenated alkanes) is 8. The molecule has 3 aromatic carbocycles. The van der Waals surface area contributed by atoms with Gasteiger partial charge in [-0.1, -0.05) is 89.5 Å². The van der Waals surface area contributed by atoms with E-state index in [1.165, 1.54) is 44.2 Å². The molecular formula is C40H49F3N2O3. The van der Waals surface area contributed by atoms with Crippen molar-refractivity contribution in [3.05, 3.63) is 90.8 Å². The SMILES string of the molecule is CCCCCCCCOc1ccc(-c2cnc(-c3ccc(OCCC(c4ccc(OCCCCCC)cc4)C(F)(F)F)cc3)nc2)cc1. The molecule has 0 N–H and O–H groups in total. The number of aromatic nitrogens is 2. The van der Waals surface area contributed by atoms with Crippen molar-refractivity contribution >= 4 is 0 Å². The highest BCUT2D eigenvalue weighted by Crippen LogP contribution is 2.38. The largest absolute Gasteiger partial charge is 0.494 e. The monoisotopic (exact) mass is 662 g/mol. The Hall–Kier alpha value is -4.07. The van der Waals surface area contributed by atoms with Gasteiger partial charge in [0.2, 0.25) is 0 Å². The van der Waals surface area contributed by atoms with E-state index in [0.717, 1.165) is 61.2 Å². The van der Waals surface area contributed by atoms with Crippen molar-refractivity contribution in [1.29, 1.82) is 0 Å². The molecular weight excluding hydrogens is 613 g/mol. The van der Waals surface area contributed by atoms with Gasteiger partial charge in [-0.3, -0.25) is 0 Å². The van der Waals surface area contributed by atoms with E-state index in [1.807, 2.05) is 36.4 Å². The first-order chi connectivity index (χ1) is 23.4. The third-order valence-corrected chi connectivity index (χ3v) is 8.34. The lowest BCUT2D eigenvalue weighted by atomic mass is 9.95. The predicted octanol–water partition coefficient (Wildman–Crippen LogP) is 11.6. The van der Waals surface area contributed by atoms with Crippen LogP contribution in [0.4, 0.5) is 13.2 Å². The van der Waals surface area contributed by atoms with Gasteiger partial charge in [0.05, 0.1) is 25.7 Å². The molecule has 4 aromatic rings. The summed E-state index contributed by atoms with van der Waals surface area (Å²) < 4.78 is 59.1. The van der Waals surface area contributed by atoms with Gasteiger partial charge < -0.3 is 14.2 Å². The van der Waals surface area contributed by atoms with E-state index < -0.39 is 12.1 Å². The molecule has 258 valence electrons. The van der Waals surface area contributed by atoms with E-state index in [2.05, 4.69) is 23.8 Å². The number of hydrogen-bond acceptors (Lipinski definition) is 5. The third-order valence-electron chi connectivity index (χ3n) is 8.34. The summed E-state index contributed by atoms with van der Waals surface area (Å²) in [5.74, 6) is 0.852. The van der Waals surface area contributed by atoms with Crippen LogP contribution in [0.15, 0.2) is 85.2 Å². The van der Waals surface area contributed by atoms with Crippen molar-refractivity contribution in [2.24, 2.45) is 0 Å². The van der Waals surface area contributed by atoms with Gasteiger partial charge in [0.1, 0.15) is 17.2 Å². The van der Waals surface area contributed by atoms with Crippen molar-refractivity contribution in [2.75, 3.05) is 19.8 Å². The molecule has 0 bridgehead atoms. The number of nitrogens with zero attached hydrogens (tertiary/aromatic N) is 2. The average Bonchev–Trinajstić information content (AvgIpc) is 3.10. The average molecular weight is 663 g/mol. The molecule has 0 saturated carbocycles. The number of rotatable bonds is 21. The van der Waals surface area contributed by atoms with E-state index in [1.54, 1.807) is 36.7 Å². The van der Waals surface area contributed by atoms with Gasteiger partial charge >= 0.3 is 6.18 Å². The Morgan fingerprint density at radius 1 is 0.521 bits per heavy atom. The van der Waals surface area contributed by atoms with Crippen LogP contribution < -0.4 is 14.2 Å². The lowest BCUT2D eigenvalue weighted by Gasteiger charge is -2.21. The van der Waals surface area contributed by atoms with Crippen LogP contribution in [-0.4, -0.2) is 36.0 Å².